The van der Waals surface area contributed by atoms with E-state index < -0.39 is 41.9 Å². The number of carbonyl (C=O) groups excluding carboxylic acids is 2. The molecule has 3 aliphatic heterocycles. The van der Waals surface area contributed by atoms with Crippen LogP contribution in [0.1, 0.15) is 56.2 Å². The number of nitrogens with one attached hydrogen (secondary N) is 1. The van der Waals surface area contributed by atoms with Crippen LogP contribution in [-0.4, -0.2) is 78.6 Å². The number of fused-ring (bicyclic) bond motifs is 3. The molecule has 48 heavy (non-hydrogen) atoms. The van der Waals surface area contributed by atoms with Crippen molar-refractivity contribution in [1.29, 1.82) is 0 Å². The zero-order chi connectivity index (χ0) is 34.4. The summed E-state index contributed by atoms with van der Waals surface area (Å²) in [4.78, 5) is 28.4. The predicted octanol–water partition coefficient (Wildman–Crippen LogP) is 4.19. The van der Waals surface area contributed by atoms with E-state index in [4.69, 9.17) is 9.47 Å². The summed E-state index contributed by atoms with van der Waals surface area (Å²) in [6.45, 7) is 1.21. The van der Waals surface area contributed by atoms with Crippen molar-refractivity contribution < 1.29 is 65.4 Å². The molecule has 16 heteroatoms. The highest BCUT2D eigenvalue weighted by atomic mass is 19.4. The molecule has 2 aromatic rings. The molecule has 262 valence electrons. The summed E-state index contributed by atoms with van der Waals surface area (Å²) >= 11 is 0. The van der Waals surface area contributed by atoms with Crippen LogP contribution in [0.15, 0.2) is 30.3 Å². The molecule has 11 nitrogen and oxygen atoms in total. The summed E-state index contributed by atoms with van der Waals surface area (Å²) in [5, 5.41) is 21.6. The number of alkyl halides is 5. The Kier molecular flexibility index (Phi) is 9.00. The maximum Gasteiger partial charge on any atom is 0.586 e. The number of ether oxygens (including phenoxy) is 5. The first kappa shape index (κ1) is 33.8. The normalized spacial score (nSPS) is 26.8. The van der Waals surface area contributed by atoms with Gasteiger partial charge in [-0.1, -0.05) is 0 Å². The number of rotatable bonds is 9. The van der Waals surface area contributed by atoms with Crippen molar-refractivity contribution in [2.45, 2.75) is 69.2 Å². The third-order valence-corrected chi connectivity index (χ3v) is 9.46. The maximum absolute atomic E-state index is 14.0. The fraction of sp³-hybridized carbons (Fsp3) is 0.562. The second-order valence-electron chi connectivity index (χ2n) is 12.6. The van der Waals surface area contributed by atoms with E-state index >= 15 is 0 Å². The van der Waals surface area contributed by atoms with Gasteiger partial charge in [0.15, 0.2) is 11.5 Å². The standard InChI is InChI=1S/C32H35F5N2O9/c1-30(16-44-25-15-27-26(13-21(25)30)47-32(36,37)48-27)29(43)38-22-14-23(45-24-12-19(6-7-20(22)24)46-31(33,34)35)17-2-4-18(5-3-17)28(42)39(8-10-40)9-11-41/h6-7,12-13,15,17-18,22-23,40-41H,2-5,8-11,14,16H2,1H3,(H,38,43)/t17?,18?,22-,23-,30+/m1/s1. The van der Waals surface area contributed by atoms with Crippen LogP contribution in [0, 0.1) is 11.8 Å². The average molecular weight is 687 g/mol. The number of amides is 2. The van der Waals surface area contributed by atoms with Crippen molar-refractivity contribution in [3.63, 3.8) is 0 Å². The second kappa shape index (κ2) is 12.8. The summed E-state index contributed by atoms with van der Waals surface area (Å²) in [6, 6.07) is 5.45. The highest BCUT2D eigenvalue weighted by Gasteiger charge is 2.50. The van der Waals surface area contributed by atoms with Crippen molar-refractivity contribution in [3.05, 3.63) is 41.5 Å². The Balaban J connectivity index is 1.22. The van der Waals surface area contributed by atoms with Gasteiger partial charge in [-0.3, -0.25) is 9.59 Å². The number of halogens is 5. The fourth-order valence-electron chi connectivity index (χ4n) is 7.00. The lowest BCUT2D eigenvalue weighted by atomic mass is 9.76. The van der Waals surface area contributed by atoms with Crippen molar-refractivity contribution in [2.24, 2.45) is 11.8 Å². The lowest BCUT2D eigenvalue weighted by molar-refractivity contribution is -0.286. The number of benzene rings is 2. The number of hydrogen-bond donors (Lipinski definition) is 3. The van der Waals surface area contributed by atoms with Crippen LogP contribution in [0.4, 0.5) is 22.0 Å². The largest absolute Gasteiger partial charge is 0.586 e. The Morgan fingerprint density at radius 2 is 1.65 bits per heavy atom. The third kappa shape index (κ3) is 6.77. The molecule has 0 aromatic heterocycles. The Labute approximate surface area is 271 Å². The molecule has 3 N–H and O–H groups in total. The summed E-state index contributed by atoms with van der Waals surface area (Å²) in [5.74, 6) is -1.80. The molecule has 2 amide bonds. The quantitative estimate of drug-likeness (QED) is 0.332. The van der Waals surface area contributed by atoms with Crippen molar-refractivity contribution in [1.82, 2.24) is 10.2 Å². The smallest absolute Gasteiger partial charge is 0.492 e. The molecular weight excluding hydrogens is 651 g/mol. The van der Waals surface area contributed by atoms with Crippen LogP contribution < -0.4 is 29.0 Å². The lowest BCUT2D eigenvalue weighted by Gasteiger charge is -2.40. The van der Waals surface area contributed by atoms with Crippen molar-refractivity contribution in [2.75, 3.05) is 32.9 Å². The molecule has 3 atom stereocenters. The molecule has 0 radical (unpaired) electrons. The molecular formula is C32H35F5N2O9. The van der Waals surface area contributed by atoms with Gasteiger partial charge in [0.1, 0.15) is 35.4 Å². The van der Waals surface area contributed by atoms with Gasteiger partial charge in [0.05, 0.1) is 19.3 Å². The summed E-state index contributed by atoms with van der Waals surface area (Å²) in [6.07, 6.45) is -6.97. The zero-order valence-corrected chi connectivity index (χ0v) is 25.9. The molecule has 3 heterocycles. The second-order valence-corrected chi connectivity index (χ2v) is 12.6. The molecule has 4 aliphatic rings. The molecule has 1 fully saturated rings. The van der Waals surface area contributed by atoms with Crippen LogP contribution in [0.3, 0.4) is 0 Å². The van der Waals surface area contributed by atoms with E-state index in [9.17, 15) is 41.8 Å². The summed E-state index contributed by atoms with van der Waals surface area (Å²) < 4.78 is 91.7. The summed E-state index contributed by atoms with van der Waals surface area (Å²) in [7, 11) is 0. The van der Waals surface area contributed by atoms with Gasteiger partial charge in [-0.25, -0.2) is 0 Å². The molecule has 0 bridgehead atoms. The van der Waals surface area contributed by atoms with Gasteiger partial charge in [0, 0.05) is 48.7 Å². The SMILES string of the molecule is C[C@]1(C(=O)N[C@@H]2C[C@H](C3CCC(C(=O)N(CCO)CCO)CC3)Oc3cc(OC(F)(F)F)ccc32)COc2cc3c(cc21)OC(F)(F)O3. The topological polar surface area (TPSA) is 136 Å². The van der Waals surface area contributed by atoms with Crippen molar-refractivity contribution >= 4 is 11.8 Å². The Morgan fingerprint density at radius 3 is 2.29 bits per heavy atom. The van der Waals surface area contributed by atoms with Gasteiger partial charge in [-0.2, -0.15) is 0 Å². The minimum absolute atomic E-state index is 0.104. The van der Waals surface area contributed by atoms with E-state index in [1.54, 1.807) is 6.92 Å². The molecule has 0 unspecified atom stereocenters. The number of hydrogen-bond acceptors (Lipinski definition) is 9. The lowest BCUT2D eigenvalue weighted by Crippen LogP contribution is -2.48. The summed E-state index contributed by atoms with van der Waals surface area (Å²) in [5.41, 5.74) is -0.612. The molecule has 6 rings (SSSR count). The van der Waals surface area contributed by atoms with Gasteiger partial charge in [0.25, 0.3) is 0 Å². The third-order valence-electron chi connectivity index (χ3n) is 9.46. The number of aliphatic hydroxyl groups is 2. The van der Waals surface area contributed by atoms with E-state index in [-0.39, 0.29) is 80.1 Å². The number of nitrogens with zero attached hydrogens (tertiary/aromatic N) is 1. The first-order valence-corrected chi connectivity index (χ1v) is 15.6. The van der Waals surface area contributed by atoms with E-state index in [0.717, 1.165) is 12.1 Å². The van der Waals surface area contributed by atoms with Crippen LogP contribution >= 0.6 is 0 Å². The monoisotopic (exact) mass is 686 g/mol. The van der Waals surface area contributed by atoms with Gasteiger partial charge in [0.2, 0.25) is 11.8 Å². The van der Waals surface area contributed by atoms with Gasteiger partial charge in [-0.05, 0) is 56.7 Å². The highest BCUT2D eigenvalue weighted by molar-refractivity contribution is 5.90. The molecule has 0 spiro atoms. The Morgan fingerprint density at radius 1 is 0.979 bits per heavy atom. The van der Waals surface area contributed by atoms with E-state index in [1.807, 2.05) is 0 Å². The first-order valence-electron chi connectivity index (χ1n) is 15.6. The van der Waals surface area contributed by atoms with E-state index in [0.29, 0.717) is 36.8 Å². The van der Waals surface area contributed by atoms with E-state index in [1.165, 1.54) is 23.1 Å². The Bertz CT molecular complexity index is 1540. The van der Waals surface area contributed by atoms with E-state index in [2.05, 4.69) is 19.5 Å². The maximum atomic E-state index is 14.0. The molecule has 1 aliphatic carbocycles. The number of aliphatic hydroxyl groups excluding tert-OH is 2. The minimum atomic E-state index is -4.94. The van der Waals surface area contributed by atoms with Crippen LogP contribution in [0.5, 0.6) is 28.7 Å². The minimum Gasteiger partial charge on any atom is -0.492 e. The Hall–Kier alpha value is -4.05. The molecule has 2 aromatic carbocycles. The van der Waals surface area contributed by atoms with Crippen LogP contribution in [-0.2, 0) is 15.0 Å². The van der Waals surface area contributed by atoms with Gasteiger partial charge < -0.3 is 44.1 Å². The highest BCUT2D eigenvalue weighted by Crippen LogP contribution is 2.50. The molecule has 0 saturated heterocycles. The average Bonchev–Trinajstić information content (AvgIpc) is 3.52. The van der Waals surface area contributed by atoms with Gasteiger partial charge in [-0.15, -0.1) is 22.0 Å². The van der Waals surface area contributed by atoms with Crippen LogP contribution in [0.25, 0.3) is 0 Å². The van der Waals surface area contributed by atoms with Crippen LogP contribution in [0.2, 0.25) is 0 Å². The predicted molar refractivity (Wildman–Crippen MR) is 155 cm³/mol. The first-order chi connectivity index (χ1) is 22.7. The van der Waals surface area contributed by atoms with Crippen molar-refractivity contribution in [3.8, 4) is 28.7 Å². The number of carbonyl (C=O) groups is 2. The fourth-order valence-corrected chi connectivity index (χ4v) is 7.00. The molecule has 1 saturated carbocycles. The zero-order valence-electron chi connectivity index (χ0n) is 25.9. The van der Waals surface area contributed by atoms with Gasteiger partial charge >= 0.3 is 12.7 Å².